The van der Waals surface area contributed by atoms with E-state index in [0.29, 0.717) is 18.7 Å². The number of hydrogen-bond acceptors (Lipinski definition) is 4. The van der Waals surface area contributed by atoms with E-state index in [1.54, 1.807) is 6.92 Å². The average molecular weight is 301 g/mol. The van der Waals surface area contributed by atoms with Crippen LogP contribution in [-0.2, 0) is 10.0 Å². The monoisotopic (exact) mass is 301 g/mol. The number of nitrogens with zero attached hydrogens (tertiary/aromatic N) is 2. The summed E-state index contributed by atoms with van der Waals surface area (Å²) in [5.41, 5.74) is 5.73. The molecule has 0 amide bonds. The van der Waals surface area contributed by atoms with E-state index in [9.17, 15) is 12.8 Å². The topological polar surface area (TPSA) is 66.6 Å². The molecule has 20 heavy (non-hydrogen) atoms. The maximum atomic E-state index is 13.4. The normalized spacial score (nSPS) is 20.8. The molecule has 0 spiro atoms. The predicted octanol–water partition coefficient (Wildman–Crippen LogP) is 1.04. The van der Waals surface area contributed by atoms with Crippen LogP contribution in [0.3, 0.4) is 0 Å². The molecule has 1 unspecified atom stereocenters. The van der Waals surface area contributed by atoms with E-state index in [-0.39, 0.29) is 16.6 Å². The van der Waals surface area contributed by atoms with Crippen molar-refractivity contribution in [2.75, 3.05) is 32.9 Å². The summed E-state index contributed by atoms with van der Waals surface area (Å²) in [6.45, 7) is 2.50. The number of likely N-dealkylation sites (N-methyl/N-ethyl adjacent to an activating group) is 1. The lowest BCUT2D eigenvalue weighted by Crippen LogP contribution is -2.34. The van der Waals surface area contributed by atoms with Crippen molar-refractivity contribution in [3.8, 4) is 0 Å². The fourth-order valence-corrected chi connectivity index (χ4v) is 4.17. The summed E-state index contributed by atoms with van der Waals surface area (Å²) in [6, 6.07) is 2.59. The van der Waals surface area contributed by atoms with Crippen LogP contribution >= 0.6 is 0 Å². The second kappa shape index (κ2) is 5.31. The number of anilines is 1. The molecule has 1 heterocycles. The van der Waals surface area contributed by atoms with Crippen molar-refractivity contribution in [1.82, 2.24) is 9.21 Å². The number of hydrogen-bond donors (Lipinski definition) is 1. The first-order valence-electron chi connectivity index (χ1n) is 6.45. The van der Waals surface area contributed by atoms with E-state index in [1.165, 1.54) is 16.4 Å². The molecule has 0 radical (unpaired) electrons. The molecule has 0 aromatic heterocycles. The van der Waals surface area contributed by atoms with Crippen molar-refractivity contribution in [2.24, 2.45) is 0 Å². The molecule has 1 fully saturated rings. The molecular formula is C13H20FN3O2S. The molecule has 2 N–H and O–H groups in total. The molecule has 2 rings (SSSR count). The first kappa shape index (κ1) is 15.2. The minimum absolute atomic E-state index is 0.0933. The molecule has 1 atom stereocenters. The third kappa shape index (κ3) is 2.65. The van der Waals surface area contributed by atoms with Gasteiger partial charge in [0.2, 0.25) is 10.0 Å². The fourth-order valence-electron chi connectivity index (χ4n) is 2.44. The Morgan fingerprint density at radius 3 is 2.60 bits per heavy atom. The number of aryl methyl sites for hydroxylation is 1. The quantitative estimate of drug-likeness (QED) is 0.847. The van der Waals surface area contributed by atoms with Gasteiger partial charge in [-0.15, -0.1) is 0 Å². The standard InChI is InChI=1S/C13H20FN3O2S/c1-9-6-11(14)12(15)7-13(9)20(18,19)17-5-4-10(8-17)16(2)3/h6-7,10H,4-5,8,15H2,1-3H3. The van der Waals surface area contributed by atoms with Crippen molar-refractivity contribution in [3.05, 3.63) is 23.5 Å². The van der Waals surface area contributed by atoms with Crippen LogP contribution in [0.4, 0.5) is 10.1 Å². The Labute approximate surface area is 119 Å². The third-order valence-corrected chi connectivity index (χ3v) is 5.78. The van der Waals surface area contributed by atoms with Gasteiger partial charge in [0, 0.05) is 19.1 Å². The Kier molecular flexibility index (Phi) is 4.04. The summed E-state index contributed by atoms with van der Waals surface area (Å²) in [4.78, 5) is 2.11. The summed E-state index contributed by atoms with van der Waals surface area (Å²) in [5, 5.41) is 0. The Hall–Kier alpha value is -1.18. The van der Waals surface area contributed by atoms with Crippen LogP contribution in [0, 0.1) is 12.7 Å². The van der Waals surface area contributed by atoms with Crippen LogP contribution in [0.2, 0.25) is 0 Å². The number of nitrogen functional groups attached to an aromatic ring is 1. The van der Waals surface area contributed by atoms with Gasteiger partial charge in [0.25, 0.3) is 0 Å². The molecule has 0 bridgehead atoms. The molecule has 0 aliphatic carbocycles. The van der Waals surface area contributed by atoms with Crippen LogP contribution < -0.4 is 5.73 Å². The van der Waals surface area contributed by atoms with Crippen molar-refractivity contribution >= 4 is 15.7 Å². The van der Waals surface area contributed by atoms with Gasteiger partial charge in [0.15, 0.2) is 0 Å². The molecular weight excluding hydrogens is 281 g/mol. The van der Waals surface area contributed by atoms with Gasteiger partial charge in [-0.25, -0.2) is 12.8 Å². The molecule has 7 heteroatoms. The molecule has 1 aliphatic heterocycles. The first-order chi connectivity index (χ1) is 9.23. The summed E-state index contributed by atoms with van der Waals surface area (Å²) >= 11 is 0. The summed E-state index contributed by atoms with van der Waals surface area (Å²) in [6.07, 6.45) is 0.794. The fraction of sp³-hybridized carbons (Fsp3) is 0.538. The molecule has 1 aromatic carbocycles. The molecule has 112 valence electrons. The first-order valence-corrected chi connectivity index (χ1v) is 7.89. The van der Waals surface area contributed by atoms with Crippen molar-refractivity contribution in [3.63, 3.8) is 0 Å². The zero-order valence-corrected chi connectivity index (χ0v) is 12.7. The van der Waals surface area contributed by atoms with Crippen LogP contribution in [-0.4, -0.2) is 50.8 Å². The molecule has 1 aliphatic rings. The Balaban J connectivity index is 2.35. The zero-order chi connectivity index (χ0) is 15.1. The lowest BCUT2D eigenvalue weighted by molar-refractivity contribution is 0.302. The van der Waals surface area contributed by atoms with Crippen molar-refractivity contribution < 1.29 is 12.8 Å². The van der Waals surface area contributed by atoms with Crippen LogP contribution in [0.5, 0.6) is 0 Å². The second-order valence-corrected chi connectivity index (χ2v) is 7.31. The predicted molar refractivity (Wildman–Crippen MR) is 76.4 cm³/mol. The highest BCUT2D eigenvalue weighted by atomic mass is 32.2. The number of benzene rings is 1. The number of halogens is 1. The van der Waals surface area contributed by atoms with E-state index < -0.39 is 15.8 Å². The smallest absolute Gasteiger partial charge is 0.243 e. The van der Waals surface area contributed by atoms with Gasteiger partial charge in [-0.2, -0.15) is 4.31 Å². The highest BCUT2D eigenvalue weighted by Crippen LogP contribution is 2.27. The van der Waals surface area contributed by atoms with E-state index in [1.807, 2.05) is 19.0 Å². The van der Waals surface area contributed by atoms with E-state index in [4.69, 9.17) is 5.73 Å². The minimum Gasteiger partial charge on any atom is -0.396 e. The Morgan fingerprint density at radius 2 is 2.05 bits per heavy atom. The highest BCUT2D eigenvalue weighted by Gasteiger charge is 2.34. The largest absolute Gasteiger partial charge is 0.396 e. The Bertz CT molecular complexity index is 616. The van der Waals surface area contributed by atoms with Crippen molar-refractivity contribution in [2.45, 2.75) is 24.3 Å². The average Bonchev–Trinajstić information content (AvgIpc) is 2.83. The van der Waals surface area contributed by atoms with Crippen LogP contribution in [0.1, 0.15) is 12.0 Å². The van der Waals surface area contributed by atoms with Crippen molar-refractivity contribution in [1.29, 1.82) is 0 Å². The summed E-state index contributed by atoms with van der Waals surface area (Å²) in [7, 11) is 0.250. The van der Waals surface area contributed by atoms with E-state index in [0.717, 1.165) is 6.42 Å². The van der Waals surface area contributed by atoms with Crippen LogP contribution in [0.15, 0.2) is 17.0 Å². The van der Waals surface area contributed by atoms with E-state index >= 15 is 0 Å². The number of nitrogens with two attached hydrogens (primary N) is 1. The number of sulfonamides is 1. The van der Waals surface area contributed by atoms with Gasteiger partial charge >= 0.3 is 0 Å². The lowest BCUT2D eigenvalue weighted by Gasteiger charge is -2.21. The van der Waals surface area contributed by atoms with Gasteiger partial charge in [0.1, 0.15) is 5.82 Å². The maximum absolute atomic E-state index is 13.4. The molecule has 1 aromatic rings. The third-order valence-electron chi connectivity index (χ3n) is 3.77. The minimum atomic E-state index is -3.62. The van der Waals surface area contributed by atoms with Gasteiger partial charge in [0.05, 0.1) is 10.6 Å². The zero-order valence-electron chi connectivity index (χ0n) is 11.9. The SMILES string of the molecule is Cc1cc(F)c(N)cc1S(=O)(=O)N1CCC(N(C)C)C1. The lowest BCUT2D eigenvalue weighted by atomic mass is 10.2. The van der Waals surface area contributed by atoms with Gasteiger partial charge in [-0.05, 0) is 45.1 Å². The molecule has 5 nitrogen and oxygen atoms in total. The summed E-state index contributed by atoms with van der Waals surface area (Å²) in [5.74, 6) is -0.589. The van der Waals surface area contributed by atoms with Crippen LogP contribution in [0.25, 0.3) is 0 Å². The van der Waals surface area contributed by atoms with Gasteiger partial charge in [-0.1, -0.05) is 0 Å². The Morgan fingerprint density at radius 1 is 1.40 bits per heavy atom. The second-order valence-electron chi connectivity index (χ2n) is 5.41. The van der Waals surface area contributed by atoms with Gasteiger partial charge < -0.3 is 10.6 Å². The number of rotatable bonds is 3. The maximum Gasteiger partial charge on any atom is 0.243 e. The van der Waals surface area contributed by atoms with E-state index in [2.05, 4.69) is 0 Å². The van der Waals surface area contributed by atoms with Gasteiger partial charge in [-0.3, -0.25) is 0 Å². The molecule has 0 saturated carbocycles. The highest BCUT2D eigenvalue weighted by molar-refractivity contribution is 7.89. The summed E-state index contributed by atoms with van der Waals surface area (Å²) < 4.78 is 40.0. The molecule has 1 saturated heterocycles.